The SMILES string of the molecule is O=C1CC(O)CN1C(C1CC1)C1CC1. The zero-order chi connectivity index (χ0) is 9.71. The molecule has 14 heavy (non-hydrogen) atoms. The van der Waals surface area contributed by atoms with E-state index in [2.05, 4.69) is 0 Å². The van der Waals surface area contributed by atoms with E-state index in [0.717, 1.165) is 11.8 Å². The standard InChI is InChI=1S/C11H17NO2/c13-9-5-10(14)12(6-9)11(7-1-2-7)8-3-4-8/h7-9,11,13H,1-6H2. The van der Waals surface area contributed by atoms with Gasteiger partial charge in [-0.05, 0) is 37.5 Å². The van der Waals surface area contributed by atoms with Crippen molar-refractivity contribution >= 4 is 5.91 Å². The summed E-state index contributed by atoms with van der Waals surface area (Å²) in [5, 5.41) is 9.46. The third kappa shape index (κ3) is 1.44. The molecule has 0 aromatic carbocycles. The molecule has 3 fully saturated rings. The summed E-state index contributed by atoms with van der Waals surface area (Å²) in [7, 11) is 0. The molecule has 3 rings (SSSR count). The molecule has 3 aliphatic rings. The molecule has 1 aliphatic heterocycles. The molecule has 2 aliphatic carbocycles. The largest absolute Gasteiger partial charge is 0.391 e. The fourth-order valence-corrected chi connectivity index (χ4v) is 2.77. The number of rotatable bonds is 3. The topological polar surface area (TPSA) is 40.5 Å². The van der Waals surface area contributed by atoms with Gasteiger partial charge < -0.3 is 10.0 Å². The van der Waals surface area contributed by atoms with Crippen molar-refractivity contribution in [3.05, 3.63) is 0 Å². The molecule has 3 heteroatoms. The van der Waals surface area contributed by atoms with Crippen LogP contribution >= 0.6 is 0 Å². The van der Waals surface area contributed by atoms with Gasteiger partial charge in [0.25, 0.3) is 0 Å². The summed E-state index contributed by atoms with van der Waals surface area (Å²) in [4.78, 5) is 13.6. The monoisotopic (exact) mass is 195 g/mol. The first-order chi connectivity index (χ1) is 6.75. The molecule has 0 bridgehead atoms. The summed E-state index contributed by atoms with van der Waals surface area (Å²) < 4.78 is 0. The minimum atomic E-state index is -0.400. The van der Waals surface area contributed by atoms with Gasteiger partial charge in [-0.1, -0.05) is 0 Å². The molecule has 3 nitrogen and oxygen atoms in total. The zero-order valence-electron chi connectivity index (χ0n) is 8.35. The van der Waals surface area contributed by atoms with E-state index in [4.69, 9.17) is 0 Å². The highest BCUT2D eigenvalue weighted by atomic mass is 16.3. The van der Waals surface area contributed by atoms with Crippen molar-refractivity contribution in [3.63, 3.8) is 0 Å². The molecule has 1 heterocycles. The van der Waals surface area contributed by atoms with Gasteiger partial charge in [-0.3, -0.25) is 4.79 Å². The van der Waals surface area contributed by atoms with E-state index in [1.165, 1.54) is 25.7 Å². The summed E-state index contributed by atoms with van der Waals surface area (Å²) in [5.74, 6) is 1.70. The van der Waals surface area contributed by atoms with Crippen LogP contribution in [0.25, 0.3) is 0 Å². The van der Waals surface area contributed by atoms with Gasteiger partial charge in [0.05, 0.1) is 12.5 Å². The number of aliphatic hydroxyl groups excluding tert-OH is 1. The number of β-amino-alcohol motifs (C(OH)–C–C–N with tert-alkyl or cyclic N) is 1. The van der Waals surface area contributed by atoms with Gasteiger partial charge in [0.2, 0.25) is 5.91 Å². The predicted octanol–water partition coefficient (Wildman–Crippen LogP) is 0.768. The van der Waals surface area contributed by atoms with Gasteiger partial charge >= 0.3 is 0 Å². The van der Waals surface area contributed by atoms with E-state index in [0.29, 0.717) is 19.0 Å². The normalized spacial score (nSPS) is 33.1. The molecule has 0 spiro atoms. The molecule has 1 atom stereocenters. The Morgan fingerprint density at radius 1 is 1.21 bits per heavy atom. The molecule has 0 radical (unpaired) electrons. The fraction of sp³-hybridized carbons (Fsp3) is 0.909. The van der Waals surface area contributed by atoms with Gasteiger partial charge in [-0.25, -0.2) is 0 Å². The second kappa shape index (κ2) is 2.96. The lowest BCUT2D eigenvalue weighted by Gasteiger charge is -2.27. The van der Waals surface area contributed by atoms with Crippen LogP contribution in [0.2, 0.25) is 0 Å². The number of aliphatic hydroxyl groups is 1. The number of hydrogen-bond acceptors (Lipinski definition) is 2. The van der Waals surface area contributed by atoms with Gasteiger partial charge in [-0.2, -0.15) is 0 Å². The molecule has 1 saturated heterocycles. The summed E-state index contributed by atoms with van der Waals surface area (Å²) in [6.45, 7) is 0.594. The van der Waals surface area contributed by atoms with Crippen LogP contribution in [0.1, 0.15) is 32.1 Å². The Balaban J connectivity index is 1.74. The van der Waals surface area contributed by atoms with Crippen molar-refractivity contribution in [3.8, 4) is 0 Å². The van der Waals surface area contributed by atoms with Crippen LogP contribution < -0.4 is 0 Å². The number of carbonyl (C=O) groups is 1. The van der Waals surface area contributed by atoms with Crippen molar-refractivity contribution in [2.75, 3.05) is 6.54 Å². The van der Waals surface area contributed by atoms with Gasteiger partial charge in [0.1, 0.15) is 0 Å². The van der Waals surface area contributed by atoms with E-state index in [-0.39, 0.29) is 5.91 Å². The van der Waals surface area contributed by atoms with Crippen molar-refractivity contribution in [2.45, 2.75) is 44.2 Å². The summed E-state index contributed by atoms with van der Waals surface area (Å²) >= 11 is 0. The Labute approximate surface area is 84.1 Å². The molecule has 0 aromatic heterocycles. The molecule has 2 saturated carbocycles. The quantitative estimate of drug-likeness (QED) is 0.722. The van der Waals surface area contributed by atoms with Crippen LogP contribution in [-0.4, -0.2) is 34.6 Å². The second-order valence-electron chi connectivity index (χ2n) is 5.07. The Bertz CT molecular complexity index is 246. The van der Waals surface area contributed by atoms with Crippen LogP contribution in [0.4, 0.5) is 0 Å². The number of likely N-dealkylation sites (tertiary alicyclic amines) is 1. The molecule has 78 valence electrons. The molecular weight excluding hydrogens is 178 g/mol. The van der Waals surface area contributed by atoms with Crippen molar-refractivity contribution in [1.82, 2.24) is 4.90 Å². The highest BCUT2D eigenvalue weighted by molar-refractivity contribution is 5.79. The predicted molar refractivity (Wildman–Crippen MR) is 51.6 cm³/mol. The summed E-state index contributed by atoms with van der Waals surface area (Å²) in [5.41, 5.74) is 0. The van der Waals surface area contributed by atoms with Crippen molar-refractivity contribution < 1.29 is 9.90 Å². The fourth-order valence-electron chi connectivity index (χ4n) is 2.77. The van der Waals surface area contributed by atoms with E-state index >= 15 is 0 Å². The minimum Gasteiger partial charge on any atom is -0.391 e. The van der Waals surface area contributed by atoms with Crippen LogP contribution in [0, 0.1) is 11.8 Å². The molecule has 0 aromatic rings. The first kappa shape index (κ1) is 8.72. The van der Waals surface area contributed by atoms with Crippen molar-refractivity contribution in [2.24, 2.45) is 11.8 Å². The molecule has 1 unspecified atom stereocenters. The van der Waals surface area contributed by atoms with Crippen LogP contribution in [0.15, 0.2) is 0 Å². The Hall–Kier alpha value is -0.570. The zero-order valence-corrected chi connectivity index (χ0v) is 8.35. The van der Waals surface area contributed by atoms with E-state index in [9.17, 15) is 9.90 Å². The highest BCUT2D eigenvalue weighted by Crippen LogP contribution is 2.48. The smallest absolute Gasteiger partial charge is 0.225 e. The Kier molecular flexibility index (Phi) is 1.84. The van der Waals surface area contributed by atoms with Gasteiger partial charge in [0.15, 0.2) is 0 Å². The third-order valence-corrected chi connectivity index (χ3v) is 3.71. The van der Waals surface area contributed by atoms with E-state index in [1.807, 2.05) is 4.90 Å². The molecule has 1 N–H and O–H groups in total. The van der Waals surface area contributed by atoms with Crippen molar-refractivity contribution in [1.29, 1.82) is 0 Å². The first-order valence-corrected chi connectivity index (χ1v) is 5.73. The van der Waals surface area contributed by atoms with E-state index in [1.54, 1.807) is 0 Å². The summed E-state index contributed by atoms with van der Waals surface area (Å²) in [6.07, 6.45) is 5.13. The first-order valence-electron chi connectivity index (χ1n) is 5.73. The van der Waals surface area contributed by atoms with Crippen LogP contribution in [0.3, 0.4) is 0 Å². The van der Waals surface area contributed by atoms with E-state index < -0.39 is 6.10 Å². The maximum absolute atomic E-state index is 11.7. The second-order valence-corrected chi connectivity index (χ2v) is 5.07. The Morgan fingerprint density at radius 2 is 1.79 bits per heavy atom. The minimum absolute atomic E-state index is 0.182. The number of hydrogen-bond donors (Lipinski definition) is 1. The molecular formula is C11H17NO2. The average molecular weight is 195 g/mol. The highest BCUT2D eigenvalue weighted by Gasteiger charge is 2.48. The number of carbonyl (C=O) groups excluding carboxylic acids is 1. The Morgan fingerprint density at radius 3 is 2.14 bits per heavy atom. The maximum Gasteiger partial charge on any atom is 0.225 e. The summed E-state index contributed by atoms with van der Waals surface area (Å²) in [6, 6.07) is 0.486. The van der Waals surface area contributed by atoms with Crippen LogP contribution in [0.5, 0.6) is 0 Å². The molecule has 1 amide bonds. The average Bonchev–Trinajstić information content (AvgIpc) is 2.97. The lowest BCUT2D eigenvalue weighted by Crippen LogP contribution is -2.40. The van der Waals surface area contributed by atoms with Gasteiger partial charge in [0, 0.05) is 12.6 Å². The third-order valence-electron chi connectivity index (χ3n) is 3.71. The number of nitrogens with zero attached hydrogens (tertiary/aromatic N) is 1. The number of amides is 1. The lowest BCUT2D eigenvalue weighted by atomic mass is 10.1. The lowest BCUT2D eigenvalue weighted by molar-refractivity contribution is -0.130. The van der Waals surface area contributed by atoms with Crippen LogP contribution in [-0.2, 0) is 4.79 Å². The maximum atomic E-state index is 11.7. The van der Waals surface area contributed by atoms with Gasteiger partial charge in [-0.15, -0.1) is 0 Å².